The molecule has 4 heterocycles. The number of para-hydroxylation sites is 1. The molecule has 6 aromatic carbocycles. The van der Waals surface area contributed by atoms with Crippen LogP contribution in [0.25, 0.3) is 11.0 Å². The SMILES string of the molecule is C=CCNC(=O)[C@@H]1[C@H]2C(=O)O[C@H](c3ccccc3)[C@H](c3ccccc3)N2[C@H](c2ccc(O)cc2)[C@@]12C(=O)N(C(=O)N[C@H](C)c1ccccc1)c1ccc(C#CCn3nnc4ccccc43)cc12. The summed E-state index contributed by atoms with van der Waals surface area (Å²) in [6.45, 7) is 5.87. The number of hydrogen-bond donors (Lipinski definition) is 3. The fraction of sp³-hybridized carbons (Fsp3) is 0.185. The number of urea groups is 1. The summed E-state index contributed by atoms with van der Waals surface area (Å²) in [6.07, 6.45) is 0.624. The van der Waals surface area contributed by atoms with Crippen LogP contribution in [0.3, 0.4) is 0 Å². The summed E-state index contributed by atoms with van der Waals surface area (Å²) in [5, 5.41) is 25.2. The Labute approximate surface area is 386 Å². The molecule has 1 aromatic heterocycles. The van der Waals surface area contributed by atoms with E-state index in [2.05, 4.69) is 39.4 Å². The third-order valence-electron chi connectivity index (χ3n) is 13.1. The molecule has 3 aliphatic rings. The maximum atomic E-state index is 16.4. The predicted molar refractivity (Wildman–Crippen MR) is 251 cm³/mol. The predicted octanol–water partition coefficient (Wildman–Crippen LogP) is 7.63. The molecule has 1 spiro atoms. The molecule has 2 fully saturated rings. The lowest BCUT2D eigenvalue weighted by atomic mass is 9.65. The number of carbonyl (C=O) groups excluding carboxylic acids is 4. The van der Waals surface area contributed by atoms with Crippen molar-refractivity contribution >= 4 is 40.5 Å². The van der Waals surface area contributed by atoms with E-state index in [1.54, 1.807) is 35.0 Å². The molecule has 3 N–H and O–H groups in total. The van der Waals surface area contributed by atoms with Crippen LogP contribution in [0, 0.1) is 17.8 Å². The quantitative estimate of drug-likeness (QED) is 0.0753. The van der Waals surface area contributed by atoms with Gasteiger partial charge < -0.3 is 20.5 Å². The lowest BCUT2D eigenvalue weighted by Crippen LogP contribution is -2.56. The number of cyclic esters (lactones) is 1. The lowest BCUT2D eigenvalue weighted by Gasteiger charge is -2.46. The van der Waals surface area contributed by atoms with E-state index in [0.717, 1.165) is 27.1 Å². The molecule has 0 unspecified atom stereocenters. The van der Waals surface area contributed by atoms with Gasteiger partial charge in [0.1, 0.15) is 35.4 Å². The number of hydrogen-bond acceptors (Lipinski definition) is 9. The molecule has 3 aliphatic heterocycles. The van der Waals surface area contributed by atoms with Gasteiger partial charge >= 0.3 is 12.0 Å². The molecule has 4 amide bonds. The minimum atomic E-state index is -1.99. The molecule has 2 saturated heterocycles. The first-order valence-corrected chi connectivity index (χ1v) is 22.1. The highest BCUT2D eigenvalue weighted by Crippen LogP contribution is 2.66. The number of nitrogens with zero attached hydrogens (tertiary/aromatic N) is 5. The average Bonchev–Trinajstić information content (AvgIpc) is 4.00. The van der Waals surface area contributed by atoms with Crippen molar-refractivity contribution in [2.45, 2.75) is 49.2 Å². The third kappa shape index (κ3) is 7.28. The van der Waals surface area contributed by atoms with E-state index in [4.69, 9.17) is 4.74 Å². The largest absolute Gasteiger partial charge is 0.508 e. The first-order valence-electron chi connectivity index (χ1n) is 22.1. The number of morpholine rings is 1. The van der Waals surface area contributed by atoms with Crippen molar-refractivity contribution in [2.24, 2.45) is 5.92 Å². The number of benzene rings is 6. The molecule has 0 bridgehead atoms. The zero-order valence-electron chi connectivity index (χ0n) is 36.4. The highest BCUT2D eigenvalue weighted by Gasteiger charge is 2.75. The first-order chi connectivity index (χ1) is 32.7. The maximum absolute atomic E-state index is 16.4. The molecular weight excluding hydrogens is 843 g/mol. The second-order valence-electron chi connectivity index (χ2n) is 16.9. The van der Waals surface area contributed by atoms with Crippen LogP contribution in [0.5, 0.6) is 5.75 Å². The summed E-state index contributed by atoms with van der Waals surface area (Å²) >= 11 is 0. The van der Waals surface area contributed by atoms with Crippen LogP contribution in [0.4, 0.5) is 10.5 Å². The number of imide groups is 1. The van der Waals surface area contributed by atoms with Crippen LogP contribution in [-0.2, 0) is 31.1 Å². The molecule has 7 aromatic rings. The fourth-order valence-corrected chi connectivity index (χ4v) is 10.3. The lowest BCUT2D eigenvalue weighted by molar-refractivity contribution is -0.178. The Bertz CT molecular complexity index is 3100. The summed E-state index contributed by atoms with van der Waals surface area (Å²) < 4.78 is 8.21. The van der Waals surface area contributed by atoms with Crippen LogP contribution in [0.1, 0.15) is 64.5 Å². The molecule has 67 heavy (non-hydrogen) atoms. The van der Waals surface area contributed by atoms with E-state index in [0.29, 0.717) is 22.3 Å². The number of aromatic nitrogens is 3. The summed E-state index contributed by atoms with van der Waals surface area (Å²) in [4.78, 5) is 65.0. The number of carbonyl (C=O) groups is 4. The average molecular weight is 888 g/mol. The normalized spacial score (nSPS) is 22.3. The van der Waals surface area contributed by atoms with Crippen molar-refractivity contribution in [1.82, 2.24) is 30.5 Å². The van der Waals surface area contributed by atoms with Crippen LogP contribution >= 0.6 is 0 Å². The standard InChI is InChI=1S/C54H45N7O6/c1-3-31-55-50(63)45-47-51(64)67-48(38-21-11-6-12-22-38)46(37-19-9-5-10-20-37)61(47)49(39-26-28-40(62)29-27-39)54(45)41-33-35(16-15-32-59-44-24-14-13-23-42(44)57-58-59)25-30-43(41)60(52(54)65)53(66)56-34(2)36-17-7-4-8-18-36/h3-14,17-30,33-34,45-49,62H,1,31-32H2,2H3,(H,55,63)(H,56,66)/t34-,45+,46+,47+,48-,49-,54+/m1/s1. The number of ether oxygens (including phenoxy) is 1. The monoisotopic (exact) mass is 887 g/mol. The van der Waals surface area contributed by atoms with Crippen molar-refractivity contribution in [3.63, 3.8) is 0 Å². The molecule has 7 atom stereocenters. The Hall–Kier alpha value is -8.34. The third-order valence-corrected chi connectivity index (χ3v) is 13.1. The zero-order valence-corrected chi connectivity index (χ0v) is 36.4. The van der Waals surface area contributed by atoms with Gasteiger partial charge in [-0.05, 0) is 77.2 Å². The molecule has 332 valence electrons. The molecule has 0 aliphatic carbocycles. The Balaban J connectivity index is 1.22. The summed E-state index contributed by atoms with van der Waals surface area (Å²) in [5.74, 6) is 2.89. The highest BCUT2D eigenvalue weighted by molar-refractivity contribution is 6.24. The van der Waals surface area contributed by atoms with Gasteiger partial charge in [-0.2, -0.15) is 0 Å². The van der Waals surface area contributed by atoms with Gasteiger partial charge in [-0.1, -0.05) is 138 Å². The summed E-state index contributed by atoms with van der Waals surface area (Å²) in [5.41, 5.74) is 3.36. The van der Waals surface area contributed by atoms with Gasteiger partial charge in [0.05, 0.1) is 35.2 Å². The van der Waals surface area contributed by atoms with Gasteiger partial charge in [0, 0.05) is 12.1 Å². The van der Waals surface area contributed by atoms with Crippen LogP contribution in [0.2, 0.25) is 0 Å². The van der Waals surface area contributed by atoms with E-state index < -0.39 is 65.4 Å². The first kappa shape index (κ1) is 42.6. The molecule has 10 rings (SSSR count). The van der Waals surface area contributed by atoms with E-state index in [1.165, 1.54) is 18.2 Å². The Morgan fingerprint density at radius 1 is 0.836 bits per heavy atom. The van der Waals surface area contributed by atoms with Crippen molar-refractivity contribution in [1.29, 1.82) is 0 Å². The highest BCUT2D eigenvalue weighted by atomic mass is 16.6. The number of phenolic OH excluding ortho intramolecular Hbond substituents is 1. The fourth-order valence-electron chi connectivity index (χ4n) is 10.3. The summed E-state index contributed by atoms with van der Waals surface area (Å²) in [6, 6.07) is 42.9. The molecule has 13 heteroatoms. The molecular formula is C54H45N7O6. The second-order valence-corrected chi connectivity index (χ2v) is 16.9. The number of esters is 1. The molecule has 0 saturated carbocycles. The van der Waals surface area contributed by atoms with Gasteiger partial charge in [0.25, 0.3) is 0 Å². The zero-order chi connectivity index (χ0) is 46.2. The van der Waals surface area contributed by atoms with E-state index >= 15 is 14.4 Å². The number of rotatable bonds is 9. The van der Waals surface area contributed by atoms with Crippen LogP contribution in [0.15, 0.2) is 170 Å². The topological polar surface area (TPSA) is 159 Å². The van der Waals surface area contributed by atoms with Gasteiger partial charge in [0.2, 0.25) is 11.8 Å². The van der Waals surface area contributed by atoms with Crippen molar-refractivity contribution in [3.8, 4) is 17.6 Å². The Morgan fingerprint density at radius 3 is 2.22 bits per heavy atom. The number of nitrogens with one attached hydrogen (secondary N) is 2. The van der Waals surface area contributed by atoms with Gasteiger partial charge in [-0.25, -0.2) is 14.4 Å². The summed E-state index contributed by atoms with van der Waals surface area (Å²) in [7, 11) is 0. The molecule has 13 nitrogen and oxygen atoms in total. The Kier molecular flexibility index (Phi) is 11.2. The smallest absolute Gasteiger partial charge is 0.329 e. The number of fused-ring (bicyclic) bond motifs is 4. The van der Waals surface area contributed by atoms with E-state index in [-0.39, 0.29) is 24.5 Å². The number of amides is 4. The Morgan fingerprint density at radius 2 is 1.51 bits per heavy atom. The number of aromatic hydroxyl groups is 1. The van der Waals surface area contributed by atoms with Crippen molar-refractivity contribution in [3.05, 3.63) is 204 Å². The van der Waals surface area contributed by atoms with Gasteiger partial charge in [-0.15, -0.1) is 11.7 Å². The molecule has 0 radical (unpaired) electrons. The van der Waals surface area contributed by atoms with Gasteiger partial charge in [0.15, 0.2) is 0 Å². The second kappa shape index (κ2) is 17.6. The number of phenols is 1. The van der Waals surface area contributed by atoms with Crippen molar-refractivity contribution < 1.29 is 29.0 Å². The van der Waals surface area contributed by atoms with Gasteiger partial charge in [-0.3, -0.25) is 19.3 Å². The van der Waals surface area contributed by atoms with Crippen LogP contribution in [-0.4, -0.2) is 61.4 Å². The van der Waals surface area contributed by atoms with E-state index in [9.17, 15) is 9.90 Å². The van der Waals surface area contributed by atoms with E-state index in [1.807, 2.05) is 127 Å². The number of anilines is 1. The maximum Gasteiger partial charge on any atom is 0.329 e. The minimum absolute atomic E-state index is 0.0220. The minimum Gasteiger partial charge on any atom is -0.508 e. The van der Waals surface area contributed by atoms with Crippen LogP contribution < -0.4 is 15.5 Å². The van der Waals surface area contributed by atoms with Crippen molar-refractivity contribution in [2.75, 3.05) is 11.4 Å².